The summed E-state index contributed by atoms with van der Waals surface area (Å²) in [4.78, 5) is 39.3. The van der Waals surface area contributed by atoms with E-state index in [2.05, 4.69) is 15.3 Å². The molecular weight excluding hydrogens is 454 g/mol. The van der Waals surface area contributed by atoms with Crippen LogP contribution in [0.5, 0.6) is 0 Å². The van der Waals surface area contributed by atoms with E-state index in [4.69, 9.17) is 21.3 Å². The number of esters is 1. The number of pyridine rings is 2. The fourth-order valence-electron chi connectivity index (χ4n) is 4.42. The number of carbonyl (C=O) groups is 1. The zero-order valence-electron chi connectivity index (χ0n) is 18.9. The van der Waals surface area contributed by atoms with Crippen molar-refractivity contribution in [2.24, 2.45) is 0 Å². The topological polar surface area (TPSA) is 99.0 Å². The lowest BCUT2D eigenvalue weighted by Gasteiger charge is -2.23. The van der Waals surface area contributed by atoms with E-state index in [9.17, 15) is 9.59 Å². The molecule has 1 aromatic carbocycles. The first kappa shape index (κ1) is 22.0. The van der Waals surface area contributed by atoms with Crippen molar-refractivity contribution in [1.29, 1.82) is 0 Å². The normalized spacial score (nSPS) is 13.2. The molecule has 5 rings (SSSR count). The van der Waals surface area contributed by atoms with Gasteiger partial charge in [0.1, 0.15) is 11.0 Å². The van der Waals surface area contributed by atoms with Crippen molar-refractivity contribution in [3.8, 4) is 11.4 Å². The molecule has 1 aliphatic rings. The monoisotopic (exact) mass is 475 g/mol. The van der Waals surface area contributed by atoms with Crippen LogP contribution in [0.1, 0.15) is 40.3 Å². The maximum atomic E-state index is 13.5. The van der Waals surface area contributed by atoms with Gasteiger partial charge in [0.2, 0.25) is 0 Å². The number of aryl methyl sites for hydroxylation is 2. The Morgan fingerprint density at radius 1 is 1.24 bits per heavy atom. The third-order valence-electron chi connectivity index (χ3n) is 6.01. The molecule has 4 aromatic rings. The van der Waals surface area contributed by atoms with Crippen LogP contribution in [-0.2, 0) is 17.7 Å². The highest BCUT2D eigenvalue weighted by molar-refractivity contribution is 6.29. The summed E-state index contributed by atoms with van der Waals surface area (Å²) in [6.45, 7) is 4.43. The van der Waals surface area contributed by atoms with Gasteiger partial charge in [0.15, 0.2) is 5.69 Å². The van der Waals surface area contributed by atoms with Gasteiger partial charge in [0.05, 0.1) is 35.4 Å². The van der Waals surface area contributed by atoms with Crippen molar-refractivity contribution in [2.45, 2.75) is 32.9 Å². The Balaban J connectivity index is 1.66. The number of benzene rings is 1. The van der Waals surface area contributed by atoms with Crippen molar-refractivity contribution in [2.75, 3.05) is 12.4 Å². The van der Waals surface area contributed by atoms with E-state index >= 15 is 0 Å². The van der Waals surface area contributed by atoms with Gasteiger partial charge in [0.25, 0.3) is 5.56 Å². The van der Waals surface area contributed by atoms with Crippen LogP contribution < -0.4 is 10.9 Å². The van der Waals surface area contributed by atoms with Crippen LogP contribution in [0.4, 0.5) is 5.69 Å². The van der Waals surface area contributed by atoms with E-state index in [1.54, 1.807) is 22.9 Å². The second-order valence-corrected chi connectivity index (χ2v) is 8.67. The van der Waals surface area contributed by atoms with Gasteiger partial charge in [-0.05, 0) is 49.7 Å². The van der Waals surface area contributed by atoms with Gasteiger partial charge in [-0.25, -0.2) is 14.8 Å². The van der Waals surface area contributed by atoms with Gasteiger partial charge >= 0.3 is 5.97 Å². The number of methoxy groups -OCH3 is 1. The predicted octanol–water partition coefficient (Wildman–Crippen LogP) is 4.33. The minimum Gasteiger partial charge on any atom is -0.464 e. The minimum absolute atomic E-state index is 0.0740. The molecule has 0 radical (unpaired) electrons. The van der Waals surface area contributed by atoms with E-state index in [-0.39, 0.29) is 22.4 Å². The van der Waals surface area contributed by atoms with Crippen molar-refractivity contribution in [1.82, 2.24) is 19.5 Å². The van der Waals surface area contributed by atoms with Gasteiger partial charge in [-0.2, -0.15) is 0 Å². The molecule has 0 amide bonds. The smallest absolute Gasteiger partial charge is 0.358 e. The maximum absolute atomic E-state index is 13.5. The summed E-state index contributed by atoms with van der Waals surface area (Å²) < 4.78 is 6.59. The number of nitrogens with zero attached hydrogens (tertiary/aromatic N) is 4. The minimum atomic E-state index is -0.596. The van der Waals surface area contributed by atoms with Crippen molar-refractivity contribution in [3.63, 3.8) is 0 Å². The van der Waals surface area contributed by atoms with Crippen molar-refractivity contribution in [3.05, 3.63) is 80.6 Å². The molecule has 1 N–H and O–H groups in total. The molecule has 0 bridgehead atoms. The van der Waals surface area contributed by atoms with E-state index in [1.165, 1.54) is 7.11 Å². The van der Waals surface area contributed by atoms with E-state index < -0.39 is 5.97 Å². The zero-order valence-corrected chi connectivity index (χ0v) is 19.7. The fraction of sp³-hybridized carbons (Fsp3) is 0.240. The van der Waals surface area contributed by atoms with Crippen LogP contribution in [0, 0.1) is 6.92 Å². The van der Waals surface area contributed by atoms with Crippen LogP contribution in [0.3, 0.4) is 0 Å². The highest BCUT2D eigenvalue weighted by Crippen LogP contribution is 2.31. The van der Waals surface area contributed by atoms with Crippen LogP contribution in [0.25, 0.3) is 22.3 Å². The quantitative estimate of drug-likeness (QED) is 0.346. The second kappa shape index (κ2) is 8.53. The standard InChI is InChI=1S/C25H22ClN5O3/c1-13-11-16(14(2)28-19-6-7-20(26)29-22(19)25(33)34-3)21-17(12-13)24(32)31-10-8-18-15(23(31)30-21)5-4-9-27-18/h4-7,9,11-12,14,28H,8,10H2,1-3H3/t14-/m1/s1. The Morgan fingerprint density at radius 2 is 2.06 bits per heavy atom. The lowest BCUT2D eigenvalue weighted by Crippen LogP contribution is -2.28. The van der Waals surface area contributed by atoms with Crippen LogP contribution >= 0.6 is 11.6 Å². The van der Waals surface area contributed by atoms with Gasteiger partial charge in [0, 0.05) is 30.3 Å². The Labute approximate surface area is 200 Å². The molecule has 0 aliphatic carbocycles. The molecule has 172 valence electrons. The largest absolute Gasteiger partial charge is 0.464 e. The molecule has 4 heterocycles. The summed E-state index contributed by atoms with van der Waals surface area (Å²) in [5.74, 6) is 0.0217. The van der Waals surface area contributed by atoms with Gasteiger partial charge in [-0.1, -0.05) is 17.7 Å². The zero-order chi connectivity index (χ0) is 24.0. The number of anilines is 1. The molecule has 8 nitrogen and oxygen atoms in total. The Hall–Kier alpha value is -3.78. The number of ether oxygens (including phenoxy) is 1. The molecule has 0 unspecified atom stereocenters. The summed E-state index contributed by atoms with van der Waals surface area (Å²) in [5, 5.41) is 4.07. The number of halogens is 1. The molecule has 0 fully saturated rings. The van der Waals surface area contributed by atoms with Crippen LogP contribution in [0.2, 0.25) is 5.15 Å². The van der Waals surface area contributed by atoms with Crippen LogP contribution in [0.15, 0.2) is 47.4 Å². The summed E-state index contributed by atoms with van der Waals surface area (Å²) in [6, 6.07) is 10.6. The molecule has 34 heavy (non-hydrogen) atoms. The second-order valence-electron chi connectivity index (χ2n) is 8.28. The van der Waals surface area contributed by atoms with Crippen molar-refractivity contribution >= 4 is 34.2 Å². The number of fused-ring (bicyclic) bond motifs is 4. The Morgan fingerprint density at radius 3 is 2.85 bits per heavy atom. The van der Waals surface area contributed by atoms with E-state index in [0.29, 0.717) is 35.4 Å². The number of aromatic nitrogens is 4. The molecule has 0 saturated heterocycles. The maximum Gasteiger partial charge on any atom is 0.358 e. The van der Waals surface area contributed by atoms with Gasteiger partial charge in [-0.3, -0.25) is 14.3 Å². The average molecular weight is 476 g/mol. The third-order valence-corrected chi connectivity index (χ3v) is 6.23. The Bertz CT molecular complexity index is 1510. The van der Waals surface area contributed by atoms with E-state index in [1.807, 2.05) is 38.1 Å². The molecule has 9 heteroatoms. The molecular formula is C25H22ClN5O3. The number of carbonyl (C=O) groups excluding carboxylic acids is 1. The van der Waals surface area contributed by atoms with E-state index in [0.717, 1.165) is 22.4 Å². The first-order valence-electron chi connectivity index (χ1n) is 10.9. The lowest BCUT2D eigenvalue weighted by atomic mass is 9.99. The SMILES string of the molecule is COC(=O)c1nc(Cl)ccc1N[C@H](C)c1cc(C)cc2c(=O)n3c(nc12)-c1cccnc1CC3. The number of hydrogen-bond donors (Lipinski definition) is 1. The molecule has 1 aliphatic heterocycles. The first-order chi connectivity index (χ1) is 16.4. The molecule has 0 spiro atoms. The van der Waals surface area contributed by atoms with Crippen LogP contribution in [-0.4, -0.2) is 32.6 Å². The summed E-state index contributed by atoms with van der Waals surface area (Å²) in [7, 11) is 1.29. The summed E-state index contributed by atoms with van der Waals surface area (Å²) in [6.07, 6.45) is 2.44. The molecule has 3 aromatic heterocycles. The number of rotatable bonds is 4. The molecule has 0 saturated carbocycles. The fourth-order valence-corrected chi connectivity index (χ4v) is 4.57. The predicted molar refractivity (Wildman–Crippen MR) is 130 cm³/mol. The third kappa shape index (κ3) is 3.70. The lowest BCUT2D eigenvalue weighted by molar-refractivity contribution is 0.0595. The Kier molecular flexibility index (Phi) is 5.53. The average Bonchev–Trinajstić information content (AvgIpc) is 2.84. The van der Waals surface area contributed by atoms with Crippen molar-refractivity contribution < 1.29 is 9.53 Å². The summed E-state index contributed by atoms with van der Waals surface area (Å²) in [5.41, 5.74) is 4.67. The van der Waals surface area contributed by atoms with Gasteiger partial charge < -0.3 is 10.1 Å². The first-order valence-corrected chi connectivity index (χ1v) is 11.3. The number of hydrogen-bond acceptors (Lipinski definition) is 7. The highest BCUT2D eigenvalue weighted by Gasteiger charge is 2.24. The molecule has 1 atom stereocenters. The highest BCUT2D eigenvalue weighted by atomic mass is 35.5. The number of nitrogens with one attached hydrogen (secondary N) is 1. The van der Waals surface area contributed by atoms with Gasteiger partial charge in [-0.15, -0.1) is 0 Å². The summed E-state index contributed by atoms with van der Waals surface area (Å²) >= 11 is 6.00.